The summed E-state index contributed by atoms with van der Waals surface area (Å²) in [6, 6.07) is 8.62. The summed E-state index contributed by atoms with van der Waals surface area (Å²) in [7, 11) is 0. The summed E-state index contributed by atoms with van der Waals surface area (Å²) in [5, 5.41) is 15.3. The van der Waals surface area contributed by atoms with Gasteiger partial charge in [0, 0.05) is 5.92 Å². The van der Waals surface area contributed by atoms with Gasteiger partial charge >= 0.3 is 0 Å². The van der Waals surface area contributed by atoms with Crippen molar-refractivity contribution >= 4 is 0 Å². The molecule has 2 aromatic rings. The molecule has 0 aliphatic heterocycles. The van der Waals surface area contributed by atoms with Gasteiger partial charge in [0.15, 0.2) is 5.82 Å². The number of tetrazole rings is 1. The van der Waals surface area contributed by atoms with E-state index in [1.807, 2.05) is 4.68 Å². The number of hydrogen-bond donors (Lipinski definition) is 1. The molecule has 1 unspecified atom stereocenters. The van der Waals surface area contributed by atoms with Gasteiger partial charge in [0.2, 0.25) is 0 Å². The minimum absolute atomic E-state index is 0.560. The number of nitrogens with zero attached hydrogens (tertiary/aromatic N) is 4. The highest BCUT2D eigenvalue weighted by molar-refractivity contribution is 5.39. The van der Waals surface area contributed by atoms with Gasteiger partial charge in [-0.25, -0.2) is 4.68 Å². The molecule has 0 spiro atoms. The molecule has 0 radical (unpaired) electrons. The molecule has 100 valence electrons. The molecule has 0 saturated heterocycles. The van der Waals surface area contributed by atoms with Crippen LogP contribution >= 0.6 is 0 Å². The van der Waals surface area contributed by atoms with Gasteiger partial charge in [-0.3, -0.25) is 0 Å². The third kappa shape index (κ3) is 2.51. The minimum atomic E-state index is 0.560. The molecule has 1 atom stereocenters. The van der Waals surface area contributed by atoms with Crippen molar-refractivity contribution in [2.75, 3.05) is 6.54 Å². The van der Waals surface area contributed by atoms with Gasteiger partial charge in [-0.05, 0) is 40.9 Å². The van der Waals surface area contributed by atoms with E-state index in [1.54, 1.807) is 0 Å². The Labute approximate surface area is 113 Å². The number of aromatic nitrogens is 4. The van der Waals surface area contributed by atoms with E-state index in [1.165, 1.54) is 11.1 Å². The number of fused-ring (bicyclic) bond motifs is 1. The normalized spacial score (nSPS) is 17.0. The van der Waals surface area contributed by atoms with Crippen LogP contribution in [-0.2, 0) is 19.5 Å². The molecule has 5 heteroatoms. The van der Waals surface area contributed by atoms with Gasteiger partial charge in [-0.2, -0.15) is 0 Å². The Morgan fingerprint density at radius 1 is 1.37 bits per heavy atom. The molecule has 1 aromatic heterocycles. The Morgan fingerprint density at radius 3 is 3.11 bits per heavy atom. The lowest BCUT2D eigenvalue weighted by Crippen LogP contribution is -2.25. The second-order valence-electron chi connectivity index (χ2n) is 5.05. The Hall–Kier alpha value is -1.75. The highest BCUT2D eigenvalue weighted by atomic mass is 15.5. The van der Waals surface area contributed by atoms with E-state index < -0.39 is 0 Å². The van der Waals surface area contributed by atoms with Crippen LogP contribution in [-0.4, -0.2) is 26.8 Å². The molecule has 1 aliphatic rings. The molecular formula is C14H19N5. The predicted octanol–water partition coefficient (Wildman–Crippen LogP) is 1.51. The zero-order valence-electron chi connectivity index (χ0n) is 11.2. The van der Waals surface area contributed by atoms with Gasteiger partial charge in [0.1, 0.15) is 0 Å². The molecule has 1 N–H and O–H groups in total. The predicted molar refractivity (Wildman–Crippen MR) is 72.7 cm³/mol. The van der Waals surface area contributed by atoms with Crippen LogP contribution in [0.3, 0.4) is 0 Å². The van der Waals surface area contributed by atoms with Crippen LogP contribution in [0, 0.1) is 0 Å². The Balaban J connectivity index is 1.64. The third-order valence-electron chi connectivity index (χ3n) is 3.67. The second kappa shape index (κ2) is 5.48. The van der Waals surface area contributed by atoms with Gasteiger partial charge < -0.3 is 5.32 Å². The zero-order valence-corrected chi connectivity index (χ0v) is 11.2. The maximum absolute atomic E-state index is 4.11. The summed E-state index contributed by atoms with van der Waals surface area (Å²) >= 11 is 0. The number of nitrogens with one attached hydrogen (secondary N) is 1. The summed E-state index contributed by atoms with van der Waals surface area (Å²) in [6.45, 7) is 4.78. The van der Waals surface area contributed by atoms with Crippen LogP contribution in [0.2, 0.25) is 0 Å². The first kappa shape index (κ1) is 12.3. The molecule has 1 aliphatic carbocycles. The Morgan fingerprint density at radius 2 is 2.26 bits per heavy atom. The summed E-state index contributed by atoms with van der Waals surface area (Å²) in [5.74, 6) is 1.49. The van der Waals surface area contributed by atoms with Crippen LogP contribution in [0.1, 0.15) is 36.2 Å². The van der Waals surface area contributed by atoms with Crippen LogP contribution < -0.4 is 5.32 Å². The smallest absolute Gasteiger partial charge is 0.165 e. The van der Waals surface area contributed by atoms with Crippen molar-refractivity contribution in [2.24, 2.45) is 0 Å². The van der Waals surface area contributed by atoms with Crippen molar-refractivity contribution in [2.45, 2.75) is 38.8 Å². The zero-order chi connectivity index (χ0) is 13.1. The first-order valence-electron chi connectivity index (χ1n) is 6.92. The summed E-state index contributed by atoms with van der Waals surface area (Å²) in [4.78, 5) is 0. The van der Waals surface area contributed by atoms with E-state index in [9.17, 15) is 0 Å². The third-order valence-corrected chi connectivity index (χ3v) is 3.67. The fraction of sp³-hybridized carbons (Fsp3) is 0.500. The Bertz CT molecular complexity index is 548. The molecule has 3 rings (SSSR count). The summed E-state index contributed by atoms with van der Waals surface area (Å²) in [6.07, 6.45) is 2.26. The molecule has 19 heavy (non-hydrogen) atoms. The van der Waals surface area contributed by atoms with E-state index in [0.717, 1.165) is 38.3 Å². The topological polar surface area (TPSA) is 55.6 Å². The average molecular weight is 257 g/mol. The first-order valence-corrected chi connectivity index (χ1v) is 6.92. The molecule has 5 nitrogen and oxygen atoms in total. The van der Waals surface area contributed by atoms with Crippen LogP contribution in [0.25, 0.3) is 0 Å². The lowest BCUT2D eigenvalue weighted by Gasteiger charge is -2.29. The van der Waals surface area contributed by atoms with E-state index in [2.05, 4.69) is 52.0 Å². The standard InChI is InChI=1S/C14H19N5/c1-2-7-15-9-14-16-17-18-19(14)10-12-8-11-5-3-4-6-13(11)12/h3-6,12,15H,2,7-10H2,1H3. The average Bonchev–Trinajstić information content (AvgIpc) is 2.84. The number of hydrogen-bond acceptors (Lipinski definition) is 4. The van der Waals surface area contributed by atoms with Crippen molar-refractivity contribution < 1.29 is 0 Å². The van der Waals surface area contributed by atoms with E-state index in [4.69, 9.17) is 0 Å². The van der Waals surface area contributed by atoms with Crippen LogP contribution in [0.5, 0.6) is 0 Å². The van der Waals surface area contributed by atoms with Gasteiger partial charge in [-0.15, -0.1) is 5.10 Å². The largest absolute Gasteiger partial charge is 0.310 e. The lowest BCUT2D eigenvalue weighted by molar-refractivity contribution is 0.447. The SMILES string of the molecule is CCCNCc1nnnn1CC1Cc2ccccc21. The summed E-state index contributed by atoms with van der Waals surface area (Å²) < 4.78 is 1.93. The number of benzene rings is 1. The quantitative estimate of drug-likeness (QED) is 0.797. The molecule has 0 bridgehead atoms. The molecular weight excluding hydrogens is 238 g/mol. The highest BCUT2D eigenvalue weighted by Gasteiger charge is 2.26. The second-order valence-corrected chi connectivity index (χ2v) is 5.05. The molecule has 0 fully saturated rings. The van der Waals surface area contributed by atoms with Gasteiger partial charge in [-0.1, -0.05) is 31.2 Å². The Kier molecular flexibility index (Phi) is 3.55. The van der Waals surface area contributed by atoms with Crippen molar-refractivity contribution in [1.82, 2.24) is 25.5 Å². The fourth-order valence-corrected chi connectivity index (χ4v) is 2.60. The van der Waals surface area contributed by atoms with Gasteiger partial charge in [0.25, 0.3) is 0 Å². The van der Waals surface area contributed by atoms with Crippen molar-refractivity contribution in [3.8, 4) is 0 Å². The van der Waals surface area contributed by atoms with E-state index in [0.29, 0.717) is 5.92 Å². The van der Waals surface area contributed by atoms with Crippen LogP contribution in [0.4, 0.5) is 0 Å². The summed E-state index contributed by atoms with van der Waals surface area (Å²) in [5.41, 5.74) is 2.91. The fourth-order valence-electron chi connectivity index (χ4n) is 2.60. The highest BCUT2D eigenvalue weighted by Crippen LogP contribution is 2.35. The maximum atomic E-state index is 4.11. The first-order chi connectivity index (χ1) is 9.38. The minimum Gasteiger partial charge on any atom is -0.310 e. The molecule has 1 aromatic carbocycles. The maximum Gasteiger partial charge on any atom is 0.165 e. The van der Waals surface area contributed by atoms with Crippen molar-refractivity contribution in [1.29, 1.82) is 0 Å². The van der Waals surface area contributed by atoms with Gasteiger partial charge in [0.05, 0.1) is 13.1 Å². The number of rotatable bonds is 6. The molecule has 0 amide bonds. The molecule has 0 saturated carbocycles. The van der Waals surface area contributed by atoms with E-state index in [-0.39, 0.29) is 0 Å². The van der Waals surface area contributed by atoms with Crippen molar-refractivity contribution in [3.05, 3.63) is 41.2 Å². The lowest BCUT2D eigenvalue weighted by atomic mass is 9.78. The van der Waals surface area contributed by atoms with Crippen LogP contribution in [0.15, 0.2) is 24.3 Å². The van der Waals surface area contributed by atoms with E-state index >= 15 is 0 Å². The monoisotopic (exact) mass is 257 g/mol. The van der Waals surface area contributed by atoms with Crippen molar-refractivity contribution in [3.63, 3.8) is 0 Å². The molecule has 1 heterocycles.